The third-order valence-corrected chi connectivity index (χ3v) is 2.02. The first kappa shape index (κ1) is 13.5. The highest BCUT2D eigenvalue weighted by atomic mass is 16.5. The predicted octanol–water partition coefficient (Wildman–Crippen LogP) is 0.725. The highest BCUT2D eigenvalue weighted by molar-refractivity contribution is 5.67. The number of alkyl carbamates (subject to hydrolysis) is 2. The van der Waals surface area contributed by atoms with Crippen molar-refractivity contribution in [1.82, 2.24) is 10.6 Å². The van der Waals surface area contributed by atoms with E-state index in [0.29, 0.717) is 13.1 Å². The highest BCUT2D eigenvalue weighted by Crippen LogP contribution is 1.99. The zero-order valence-corrected chi connectivity index (χ0v) is 9.33. The zero-order valence-electron chi connectivity index (χ0n) is 9.33. The van der Waals surface area contributed by atoms with Gasteiger partial charge in [0.15, 0.2) is 0 Å². The van der Waals surface area contributed by atoms with Crippen molar-refractivity contribution in [3.05, 3.63) is 0 Å². The minimum absolute atomic E-state index is 0.170. The van der Waals surface area contributed by atoms with Gasteiger partial charge < -0.3 is 20.1 Å². The Labute approximate surface area is 89.3 Å². The summed E-state index contributed by atoms with van der Waals surface area (Å²) in [5.74, 6) is 0.170. The fourth-order valence-electron chi connectivity index (χ4n) is 0.961. The van der Waals surface area contributed by atoms with Gasteiger partial charge in [-0.2, -0.15) is 0 Å². The van der Waals surface area contributed by atoms with Gasteiger partial charge in [-0.15, -0.1) is 0 Å². The summed E-state index contributed by atoms with van der Waals surface area (Å²) in [6.45, 7) is 2.91. The Hall–Kier alpha value is -1.46. The van der Waals surface area contributed by atoms with Crippen molar-refractivity contribution in [1.29, 1.82) is 0 Å². The molecular weight excluding hydrogens is 200 g/mol. The highest BCUT2D eigenvalue weighted by Gasteiger charge is 2.10. The average Bonchev–Trinajstić information content (AvgIpc) is 2.28. The van der Waals surface area contributed by atoms with E-state index < -0.39 is 12.2 Å². The van der Waals surface area contributed by atoms with Crippen molar-refractivity contribution in [3.8, 4) is 0 Å². The maximum atomic E-state index is 10.8. The Kier molecular flexibility index (Phi) is 7.13. The van der Waals surface area contributed by atoms with E-state index in [1.807, 2.05) is 6.92 Å². The number of ether oxygens (including phenoxy) is 2. The van der Waals surface area contributed by atoms with Gasteiger partial charge in [0, 0.05) is 13.1 Å². The molecule has 0 radical (unpaired) electrons. The Morgan fingerprint density at radius 3 is 1.73 bits per heavy atom. The molecule has 6 nitrogen and oxygen atoms in total. The number of carbonyl (C=O) groups excluding carboxylic acids is 2. The van der Waals surface area contributed by atoms with Gasteiger partial charge in [0.05, 0.1) is 14.2 Å². The summed E-state index contributed by atoms with van der Waals surface area (Å²) in [5, 5.41) is 5.14. The van der Waals surface area contributed by atoms with Crippen LogP contribution >= 0.6 is 0 Å². The summed E-state index contributed by atoms with van der Waals surface area (Å²) in [6.07, 6.45) is -0.0911. The van der Waals surface area contributed by atoms with E-state index in [9.17, 15) is 9.59 Å². The van der Waals surface area contributed by atoms with Gasteiger partial charge in [-0.05, 0) is 12.3 Å². The first-order chi connectivity index (χ1) is 7.13. The van der Waals surface area contributed by atoms with Crippen molar-refractivity contribution >= 4 is 12.2 Å². The maximum absolute atomic E-state index is 10.8. The van der Waals surface area contributed by atoms with Crippen LogP contribution in [-0.4, -0.2) is 39.5 Å². The number of methoxy groups -OCH3 is 2. The Morgan fingerprint density at radius 1 is 1.07 bits per heavy atom. The summed E-state index contributed by atoms with van der Waals surface area (Å²) in [7, 11) is 2.62. The quantitative estimate of drug-likeness (QED) is 0.713. The number of rotatable bonds is 5. The van der Waals surface area contributed by atoms with Crippen LogP contribution < -0.4 is 10.6 Å². The second-order valence-electron chi connectivity index (χ2n) is 3.02. The Bertz CT molecular complexity index is 188. The number of hydrogen-bond acceptors (Lipinski definition) is 4. The molecule has 0 aromatic heterocycles. The lowest BCUT2D eigenvalue weighted by Gasteiger charge is -2.15. The summed E-state index contributed by atoms with van der Waals surface area (Å²) in [6, 6.07) is 0. The van der Waals surface area contributed by atoms with Gasteiger partial charge in [0.2, 0.25) is 0 Å². The normalized spacial score (nSPS) is 9.60. The molecule has 0 spiro atoms. The Balaban J connectivity index is 3.73. The lowest BCUT2D eigenvalue weighted by Crippen LogP contribution is -2.36. The fraction of sp³-hybridized carbons (Fsp3) is 0.778. The van der Waals surface area contributed by atoms with Crippen LogP contribution in [-0.2, 0) is 9.47 Å². The molecule has 2 N–H and O–H groups in total. The van der Waals surface area contributed by atoms with Gasteiger partial charge in [-0.1, -0.05) is 6.92 Å². The van der Waals surface area contributed by atoms with Crippen LogP contribution in [0.15, 0.2) is 0 Å². The number of amides is 2. The molecule has 0 fully saturated rings. The van der Waals surface area contributed by atoms with E-state index >= 15 is 0 Å². The molecule has 88 valence electrons. The average molecular weight is 218 g/mol. The molecule has 0 aliphatic carbocycles. The molecule has 0 heterocycles. The molecule has 0 aromatic rings. The lowest BCUT2D eigenvalue weighted by atomic mass is 10.1. The van der Waals surface area contributed by atoms with Gasteiger partial charge in [0.25, 0.3) is 0 Å². The van der Waals surface area contributed by atoms with E-state index in [1.54, 1.807) is 0 Å². The molecule has 15 heavy (non-hydrogen) atoms. The molecular formula is C9H18N2O4. The molecule has 0 aromatic carbocycles. The summed E-state index contributed by atoms with van der Waals surface area (Å²) < 4.78 is 8.86. The fourth-order valence-corrected chi connectivity index (χ4v) is 0.961. The van der Waals surface area contributed by atoms with E-state index in [1.165, 1.54) is 14.2 Å². The lowest BCUT2D eigenvalue weighted by molar-refractivity contribution is 0.165. The van der Waals surface area contributed by atoms with Crippen LogP contribution in [0, 0.1) is 5.92 Å². The SMILES string of the molecule is CCC(CNC(=O)OC)CNC(=O)OC. The molecule has 0 saturated heterocycles. The molecule has 0 saturated carbocycles. The molecule has 0 bridgehead atoms. The second kappa shape index (κ2) is 7.90. The maximum Gasteiger partial charge on any atom is 0.406 e. The van der Waals surface area contributed by atoms with E-state index in [-0.39, 0.29) is 5.92 Å². The van der Waals surface area contributed by atoms with Crippen molar-refractivity contribution in [3.63, 3.8) is 0 Å². The largest absolute Gasteiger partial charge is 0.453 e. The second-order valence-corrected chi connectivity index (χ2v) is 3.02. The van der Waals surface area contributed by atoms with Crippen LogP contribution in [0.1, 0.15) is 13.3 Å². The van der Waals surface area contributed by atoms with E-state index in [2.05, 4.69) is 20.1 Å². The molecule has 2 amide bonds. The van der Waals surface area contributed by atoms with E-state index in [4.69, 9.17) is 0 Å². The van der Waals surface area contributed by atoms with Crippen molar-refractivity contribution in [2.75, 3.05) is 27.3 Å². The summed E-state index contributed by atoms with van der Waals surface area (Å²) in [5.41, 5.74) is 0. The molecule has 0 atom stereocenters. The first-order valence-electron chi connectivity index (χ1n) is 4.77. The predicted molar refractivity (Wildman–Crippen MR) is 54.6 cm³/mol. The van der Waals surface area contributed by atoms with Crippen LogP contribution in [0.25, 0.3) is 0 Å². The summed E-state index contributed by atoms with van der Waals surface area (Å²) >= 11 is 0. The molecule has 0 rings (SSSR count). The molecule has 0 unspecified atom stereocenters. The zero-order chi connectivity index (χ0) is 11.7. The standard InChI is InChI=1S/C9H18N2O4/c1-4-7(5-10-8(12)14-2)6-11-9(13)15-3/h7H,4-6H2,1-3H3,(H,10,12)(H,11,13). The van der Waals surface area contributed by atoms with Gasteiger partial charge >= 0.3 is 12.2 Å². The smallest absolute Gasteiger partial charge is 0.406 e. The van der Waals surface area contributed by atoms with Crippen LogP contribution in [0.4, 0.5) is 9.59 Å². The Morgan fingerprint density at radius 2 is 1.47 bits per heavy atom. The molecule has 0 aliphatic heterocycles. The molecule has 6 heteroatoms. The number of carbonyl (C=O) groups is 2. The minimum atomic E-state index is -0.466. The minimum Gasteiger partial charge on any atom is -0.453 e. The number of hydrogen-bond donors (Lipinski definition) is 2. The van der Waals surface area contributed by atoms with Gasteiger partial charge in [-0.25, -0.2) is 9.59 Å². The first-order valence-corrected chi connectivity index (χ1v) is 4.77. The van der Waals surface area contributed by atoms with Crippen molar-refractivity contribution in [2.45, 2.75) is 13.3 Å². The third-order valence-electron chi connectivity index (χ3n) is 2.02. The third kappa shape index (κ3) is 6.59. The van der Waals surface area contributed by atoms with Gasteiger partial charge in [-0.3, -0.25) is 0 Å². The van der Waals surface area contributed by atoms with Crippen LogP contribution in [0.5, 0.6) is 0 Å². The summed E-state index contributed by atoms with van der Waals surface area (Å²) in [4.78, 5) is 21.6. The van der Waals surface area contributed by atoms with Crippen molar-refractivity contribution < 1.29 is 19.1 Å². The molecule has 0 aliphatic rings. The number of nitrogens with one attached hydrogen (secondary N) is 2. The van der Waals surface area contributed by atoms with E-state index in [0.717, 1.165) is 6.42 Å². The van der Waals surface area contributed by atoms with Crippen molar-refractivity contribution in [2.24, 2.45) is 5.92 Å². The topological polar surface area (TPSA) is 76.7 Å². The van der Waals surface area contributed by atoms with Crippen LogP contribution in [0.2, 0.25) is 0 Å². The van der Waals surface area contributed by atoms with Crippen LogP contribution in [0.3, 0.4) is 0 Å². The van der Waals surface area contributed by atoms with Gasteiger partial charge in [0.1, 0.15) is 0 Å². The monoisotopic (exact) mass is 218 g/mol.